The topological polar surface area (TPSA) is 70.0 Å². The smallest absolute Gasteiger partial charge is 0.310 e. The third-order valence-electron chi connectivity index (χ3n) is 4.01. The molecule has 0 bridgehead atoms. The Morgan fingerprint density at radius 3 is 2.85 bits per heavy atom. The lowest BCUT2D eigenvalue weighted by Gasteiger charge is -2.34. The van der Waals surface area contributed by atoms with E-state index in [0.29, 0.717) is 6.61 Å². The van der Waals surface area contributed by atoms with Crippen LogP contribution in [0.2, 0.25) is 0 Å². The van der Waals surface area contributed by atoms with Crippen LogP contribution >= 0.6 is 0 Å². The van der Waals surface area contributed by atoms with E-state index >= 15 is 0 Å². The van der Waals surface area contributed by atoms with Gasteiger partial charge in [-0.1, -0.05) is 19.1 Å². The van der Waals surface area contributed by atoms with Crippen molar-refractivity contribution < 1.29 is 19.7 Å². The van der Waals surface area contributed by atoms with Crippen molar-refractivity contribution in [3.63, 3.8) is 0 Å². The molecule has 0 aromatic heterocycles. The lowest BCUT2D eigenvalue weighted by Crippen LogP contribution is -2.44. The van der Waals surface area contributed by atoms with E-state index in [-0.39, 0.29) is 24.4 Å². The summed E-state index contributed by atoms with van der Waals surface area (Å²) in [7, 11) is 0. The molecule has 1 aliphatic rings. The highest BCUT2D eigenvalue weighted by molar-refractivity contribution is 5.71. The zero-order valence-electron chi connectivity index (χ0n) is 11.8. The highest BCUT2D eigenvalue weighted by Gasteiger charge is 2.39. The summed E-state index contributed by atoms with van der Waals surface area (Å²) in [5, 5.41) is 18.9. The normalized spacial score (nSPS) is 23.9. The van der Waals surface area contributed by atoms with Crippen LogP contribution in [0.15, 0.2) is 24.3 Å². The molecule has 1 saturated heterocycles. The van der Waals surface area contributed by atoms with Crippen LogP contribution < -0.4 is 0 Å². The number of phenolic OH excluding ortho intramolecular Hbond substituents is 1. The third-order valence-corrected chi connectivity index (χ3v) is 4.01. The maximum atomic E-state index is 11.3. The Labute approximate surface area is 118 Å². The number of hydrogen-bond donors (Lipinski definition) is 2. The molecule has 110 valence electrons. The zero-order valence-corrected chi connectivity index (χ0v) is 11.8. The summed E-state index contributed by atoms with van der Waals surface area (Å²) in [6.45, 7) is 5.47. The van der Waals surface area contributed by atoms with E-state index in [1.54, 1.807) is 18.2 Å². The second-order valence-electron chi connectivity index (χ2n) is 5.15. The van der Waals surface area contributed by atoms with Gasteiger partial charge in [0, 0.05) is 12.1 Å². The average Bonchev–Trinajstić information content (AvgIpc) is 2.89. The maximum Gasteiger partial charge on any atom is 0.310 e. The molecule has 1 heterocycles. The van der Waals surface area contributed by atoms with Gasteiger partial charge >= 0.3 is 5.97 Å². The van der Waals surface area contributed by atoms with Crippen molar-refractivity contribution in [2.75, 3.05) is 19.8 Å². The Hall–Kier alpha value is -1.59. The molecular formula is C15H21NO4. The largest absolute Gasteiger partial charge is 0.508 e. The number of likely N-dealkylation sites (N-methyl/N-ethyl adjacent to an activating group) is 1. The van der Waals surface area contributed by atoms with Crippen molar-refractivity contribution in [1.82, 2.24) is 4.90 Å². The minimum absolute atomic E-state index is 0.0284. The number of aromatic hydroxyl groups is 1. The number of ether oxygens (including phenoxy) is 1. The van der Waals surface area contributed by atoms with Crippen LogP contribution in [0.5, 0.6) is 5.75 Å². The fourth-order valence-electron chi connectivity index (χ4n) is 2.88. The van der Waals surface area contributed by atoms with Crippen LogP contribution in [0.3, 0.4) is 0 Å². The average molecular weight is 279 g/mol. The van der Waals surface area contributed by atoms with Gasteiger partial charge in [-0.15, -0.1) is 0 Å². The number of nitrogens with zero attached hydrogens (tertiary/aromatic N) is 1. The number of benzene rings is 1. The van der Waals surface area contributed by atoms with Crippen molar-refractivity contribution in [2.24, 2.45) is 5.92 Å². The molecule has 0 spiro atoms. The molecule has 2 rings (SSSR count). The van der Waals surface area contributed by atoms with Gasteiger partial charge in [0.1, 0.15) is 5.75 Å². The van der Waals surface area contributed by atoms with Crippen molar-refractivity contribution in [3.8, 4) is 5.75 Å². The van der Waals surface area contributed by atoms with Crippen LogP contribution in [-0.4, -0.2) is 46.9 Å². The summed E-state index contributed by atoms with van der Waals surface area (Å²) in [4.78, 5) is 13.4. The van der Waals surface area contributed by atoms with Crippen molar-refractivity contribution >= 4 is 5.97 Å². The molecule has 0 saturated carbocycles. The summed E-state index contributed by atoms with van der Waals surface area (Å²) in [6, 6.07) is 6.99. The van der Waals surface area contributed by atoms with Crippen LogP contribution in [0.25, 0.3) is 0 Å². The van der Waals surface area contributed by atoms with Crippen LogP contribution in [0, 0.1) is 5.92 Å². The van der Waals surface area contributed by atoms with Gasteiger partial charge in [-0.3, -0.25) is 9.69 Å². The van der Waals surface area contributed by atoms with E-state index in [4.69, 9.17) is 4.74 Å². The molecule has 2 N–H and O–H groups in total. The highest BCUT2D eigenvalue weighted by atomic mass is 16.5. The van der Waals surface area contributed by atoms with Crippen molar-refractivity contribution in [1.29, 1.82) is 0 Å². The zero-order chi connectivity index (χ0) is 14.7. The van der Waals surface area contributed by atoms with E-state index in [1.807, 2.05) is 19.9 Å². The molecule has 3 atom stereocenters. The first-order valence-electron chi connectivity index (χ1n) is 6.89. The summed E-state index contributed by atoms with van der Waals surface area (Å²) >= 11 is 0. The minimum atomic E-state index is -0.811. The van der Waals surface area contributed by atoms with E-state index < -0.39 is 11.9 Å². The number of carboxylic acid groups (broad SMARTS) is 1. The molecule has 0 amide bonds. The molecule has 1 fully saturated rings. The minimum Gasteiger partial charge on any atom is -0.508 e. The Bertz CT molecular complexity index is 477. The summed E-state index contributed by atoms with van der Waals surface area (Å²) in [6.07, 6.45) is 0. The number of aliphatic carboxylic acids is 1. The highest BCUT2D eigenvalue weighted by Crippen LogP contribution is 2.30. The lowest BCUT2D eigenvalue weighted by atomic mass is 9.98. The van der Waals surface area contributed by atoms with E-state index in [9.17, 15) is 15.0 Å². The van der Waals surface area contributed by atoms with Gasteiger partial charge < -0.3 is 14.9 Å². The van der Waals surface area contributed by atoms with E-state index in [1.165, 1.54) is 0 Å². The first kappa shape index (κ1) is 14.8. The van der Waals surface area contributed by atoms with Crippen LogP contribution in [0.1, 0.15) is 25.5 Å². The molecule has 5 heteroatoms. The fourth-order valence-corrected chi connectivity index (χ4v) is 2.88. The second-order valence-corrected chi connectivity index (χ2v) is 5.15. The third kappa shape index (κ3) is 2.94. The van der Waals surface area contributed by atoms with Gasteiger partial charge in [0.15, 0.2) is 0 Å². The maximum absolute atomic E-state index is 11.3. The van der Waals surface area contributed by atoms with Gasteiger partial charge in [-0.05, 0) is 31.2 Å². The second kappa shape index (κ2) is 6.24. The predicted molar refractivity (Wildman–Crippen MR) is 74.6 cm³/mol. The van der Waals surface area contributed by atoms with Crippen LogP contribution in [-0.2, 0) is 9.53 Å². The molecule has 20 heavy (non-hydrogen) atoms. The molecule has 1 aromatic rings. The van der Waals surface area contributed by atoms with Gasteiger partial charge in [0.05, 0.1) is 19.1 Å². The predicted octanol–water partition coefficient (Wildman–Crippen LogP) is 1.87. The Morgan fingerprint density at radius 1 is 1.50 bits per heavy atom. The van der Waals surface area contributed by atoms with Crippen molar-refractivity contribution in [3.05, 3.63) is 29.8 Å². The van der Waals surface area contributed by atoms with Gasteiger partial charge in [-0.25, -0.2) is 0 Å². The molecule has 1 aromatic carbocycles. The first-order valence-corrected chi connectivity index (χ1v) is 6.89. The van der Waals surface area contributed by atoms with Gasteiger partial charge in [0.25, 0.3) is 0 Å². The number of phenols is 1. The summed E-state index contributed by atoms with van der Waals surface area (Å²) in [5.41, 5.74) is 0.975. The van der Waals surface area contributed by atoms with E-state index in [0.717, 1.165) is 12.1 Å². The molecular weight excluding hydrogens is 258 g/mol. The quantitative estimate of drug-likeness (QED) is 0.861. The SMILES string of the molecule is CCN(C(C)c1cccc(O)c1)C1COCC1C(=O)O. The number of hydrogen-bond acceptors (Lipinski definition) is 4. The standard InChI is InChI=1S/C15H21NO4/c1-3-16(14-9-20-8-13(14)15(18)19)10(2)11-5-4-6-12(17)7-11/h4-7,10,13-14,17H,3,8-9H2,1-2H3,(H,18,19). The molecule has 0 aliphatic carbocycles. The number of carbonyl (C=O) groups is 1. The molecule has 1 aliphatic heterocycles. The molecule has 5 nitrogen and oxygen atoms in total. The molecule has 0 radical (unpaired) electrons. The van der Waals surface area contributed by atoms with E-state index in [2.05, 4.69) is 4.90 Å². The van der Waals surface area contributed by atoms with Crippen molar-refractivity contribution in [2.45, 2.75) is 25.9 Å². The fraction of sp³-hybridized carbons (Fsp3) is 0.533. The number of carboxylic acids is 1. The van der Waals surface area contributed by atoms with Crippen LogP contribution in [0.4, 0.5) is 0 Å². The van der Waals surface area contributed by atoms with Gasteiger partial charge in [-0.2, -0.15) is 0 Å². The Kier molecular flexibility index (Phi) is 4.62. The number of rotatable bonds is 5. The van der Waals surface area contributed by atoms with Gasteiger partial charge in [0.2, 0.25) is 0 Å². The Morgan fingerprint density at radius 2 is 2.25 bits per heavy atom. The summed E-state index contributed by atoms with van der Waals surface area (Å²) < 4.78 is 5.35. The first-order chi connectivity index (χ1) is 9.54. The lowest BCUT2D eigenvalue weighted by molar-refractivity contribution is -0.143. The summed E-state index contributed by atoms with van der Waals surface area (Å²) in [5.74, 6) is -1.08. The Balaban J connectivity index is 2.21. The monoisotopic (exact) mass is 279 g/mol. The molecule has 3 unspecified atom stereocenters.